The molecule has 0 saturated heterocycles. The molecule has 0 spiro atoms. The molecule has 0 fully saturated rings. The predicted molar refractivity (Wildman–Crippen MR) is 229 cm³/mol. The number of aromatic amines is 1. The maximum atomic E-state index is 12.8. The summed E-state index contributed by atoms with van der Waals surface area (Å²) in [5.41, 5.74) is 0.647. The molecule has 0 aliphatic heterocycles. The Morgan fingerprint density at radius 3 is 1.54 bits per heavy atom. The van der Waals surface area contributed by atoms with E-state index in [4.69, 9.17) is 31.8 Å². The highest BCUT2D eigenvalue weighted by molar-refractivity contribution is 9.09. The van der Waals surface area contributed by atoms with Gasteiger partial charge in [-0.1, -0.05) is 39.6 Å². The van der Waals surface area contributed by atoms with Gasteiger partial charge in [-0.15, -0.1) is 12.8 Å². The average Bonchev–Trinajstić information content (AvgIpc) is 3.76. The molecule has 0 aliphatic carbocycles. The monoisotopic (exact) mass is 864 g/mol. The first kappa shape index (κ1) is 44.4. The topological polar surface area (TPSA) is 171 Å². The van der Waals surface area contributed by atoms with E-state index < -0.39 is 22.5 Å². The van der Waals surface area contributed by atoms with Crippen LogP contribution in [-0.2, 0) is 33.7 Å². The van der Waals surface area contributed by atoms with Crippen molar-refractivity contribution in [3.8, 4) is 71.4 Å². The van der Waals surface area contributed by atoms with E-state index in [0.717, 1.165) is 4.57 Å². The molecule has 0 bridgehead atoms. The number of nitrogens with zero attached hydrogens (tertiary/aromatic N) is 7. The fraction of sp³-hybridized carbons (Fsp3) is 0.286. The Morgan fingerprint density at radius 2 is 1.12 bits per heavy atom. The minimum absolute atomic E-state index is 0.106. The van der Waals surface area contributed by atoms with Crippen molar-refractivity contribution >= 4 is 38.3 Å². The van der Waals surface area contributed by atoms with E-state index in [9.17, 15) is 19.2 Å². The van der Waals surface area contributed by atoms with Gasteiger partial charge in [-0.2, -0.15) is 0 Å². The number of ether oxygens (including phenoxy) is 4. The van der Waals surface area contributed by atoms with Gasteiger partial charge >= 0.3 is 11.4 Å². The number of nitrogens with one attached hydrogen (secondary N) is 1. The summed E-state index contributed by atoms with van der Waals surface area (Å²) in [5, 5.41) is 0.660. The molecular weight excluding hydrogens is 824 g/mol. The summed E-state index contributed by atoms with van der Waals surface area (Å²) in [6.45, 7) is 4.24. The van der Waals surface area contributed by atoms with E-state index in [1.807, 2.05) is 6.92 Å². The lowest BCUT2D eigenvalue weighted by Gasteiger charge is -2.07. The number of aromatic nitrogens is 8. The summed E-state index contributed by atoms with van der Waals surface area (Å²) >= 11 is 3.01. The van der Waals surface area contributed by atoms with Crippen molar-refractivity contribution in [3.63, 3.8) is 0 Å². The number of methoxy groups -OCH3 is 4. The van der Waals surface area contributed by atoms with Crippen LogP contribution in [0.3, 0.4) is 0 Å². The largest absolute Gasteiger partial charge is 0.493 e. The van der Waals surface area contributed by atoms with Crippen molar-refractivity contribution in [2.45, 2.75) is 33.5 Å². The van der Waals surface area contributed by atoms with Crippen molar-refractivity contribution in [3.05, 3.63) is 101 Å². The van der Waals surface area contributed by atoms with Crippen LogP contribution in [0.1, 0.15) is 36.6 Å². The third kappa shape index (κ3) is 9.45. The predicted octanol–water partition coefficient (Wildman–Crippen LogP) is 2.84. The smallest absolute Gasteiger partial charge is 0.333 e. The van der Waals surface area contributed by atoms with E-state index in [1.54, 1.807) is 95.0 Å². The number of hydrogen-bond donors (Lipinski definition) is 1. The summed E-state index contributed by atoms with van der Waals surface area (Å²) in [6, 6.07) is 10.6. The van der Waals surface area contributed by atoms with Crippen molar-refractivity contribution in [2.24, 2.45) is 14.1 Å². The molecule has 304 valence electrons. The number of hydrogen-bond acceptors (Lipinski definition) is 10. The third-order valence-corrected chi connectivity index (χ3v) is 8.94. The van der Waals surface area contributed by atoms with Gasteiger partial charge in [0, 0.05) is 38.3 Å². The second-order valence-corrected chi connectivity index (χ2v) is 12.5. The van der Waals surface area contributed by atoms with Gasteiger partial charge in [0.15, 0.2) is 57.0 Å². The van der Waals surface area contributed by atoms with Gasteiger partial charge in [-0.3, -0.25) is 23.7 Å². The van der Waals surface area contributed by atoms with Gasteiger partial charge in [-0.05, 0) is 62.1 Å². The second kappa shape index (κ2) is 20.2. The van der Waals surface area contributed by atoms with E-state index in [-0.39, 0.29) is 17.7 Å². The number of halogens is 1. The lowest BCUT2D eigenvalue weighted by Crippen LogP contribution is -2.40. The van der Waals surface area contributed by atoms with Gasteiger partial charge in [-0.25, -0.2) is 24.1 Å². The average molecular weight is 866 g/mol. The molecule has 16 nitrogen and oxygen atoms in total. The zero-order valence-electron chi connectivity index (χ0n) is 33.7. The molecule has 0 aliphatic rings. The van der Waals surface area contributed by atoms with Gasteiger partial charge in [0.2, 0.25) is 0 Å². The van der Waals surface area contributed by atoms with Gasteiger partial charge in [0.05, 0.1) is 40.3 Å². The Balaban J connectivity index is 0.000000240. The minimum Gasteiger partial charge on any atom is -0.493 e. The fourth-order valence-electron chi connectivity index (χ4n) is 5.73. The van der Waals surface area contributed by atoms with Crippen molar-refractivity contribution < 1.29 is 18.9 Å². The normalized spacial score (nSPS) is 10.0. The summed E-state index contributed by atoms with van der Waals surface area (Å²) in [4.78, 5) is 60.5. The Kier molecular flexibility index (Phi) is 15.2. The number of fused-ring (bicyclic) bond motifs is 2. The number of terminal acetylenes is 2. The van der Waals surface area contributed by atoms with Crippen LogP contribution in [0.5, 0.6) is 23.0 Å². The first-order valence-corrected chi connectivity index (χ1v) is 18.8. The number of rotatable bonds is 7. The summed E-state index contributed by atoms with van der Waals surface area (Å²) in [6.07, 6.45) is 10.0. The van der Waals surface area contributed by atoms with Crippen LogP contribution in [0.15, 0.2) is 55.6 Å². The Morgan fingerprint density at radius 1 is 0.661 bits per heavy atom. The molecule has 0 saturated carbocycles. The fourth-order valence-corrected chi connectivity index (χ4v) is 5.73. The maximum absolute atomic E-state index is 12.8. The number of H-pyrrole nitrogens is 1. The van der Waals surface area contributed by atoms with E-state index >= 15 is 0 Å². The molecule has 4 heterocycles. The molecule has 17 heteroatoms. The van der Waals surface area contributed by atoms with Gasteiger partial charge < -0.3 is 28.1 Å². The molecule has 6 aromatic rings. The van der Waals surface area contributed by atoms with Crippen LogP contribution < -0.4 is 41.4 Å². The first-order chi connectivity index (χ1) is 28.4. The quantitative estimate of drug-likeness (QED) is 0.186. The van der Waals surface area contributed by atoms with Crippen LogP contribution in [0.4, 0.5) is 0 Å². The molecule has 59 heavy (non-hydrogen) atoms. The van der Waals surface area contributed by atoms with E-state index in [1.165, 1.54) is 9.13 Å². The number of benzene rings is 2. The number of alkyl halides is 1. The Hall–Kier alpha value is -7.34. The maximum Gasteiger partial charge on any atom is 0.333 e. The van der Waals surface area contributed by atoms with Crippen molar-refractivity contribution in [2.75, 3.05) is 33.8 Å². The number of aryl methyl sites for hydroxylation is 4. The van der Waals surface area contributed by atoms with Crippen LogP contribution in [0.2, 0.25) is 0 Å². The highest BCUT2D eigenvalue weighted by Gasteiger charge is 2.19. The lowest BCUT2D eigenvalue weighted by atomic mass is 10.2. The summed E-state index contributed by atoms with van der Waals surface area (Å²) in [5.74, 6) is 19.7. The Labute approximate surface area is 347 Å². The molecule has 4 aromatic heterocycles. The van der Waals surface area contributed by atoms with Crippen LogP contribution in [0, 0.1) is 48.4 Å². The highest BCUT2D eigenvalue weighted by atomic mass is 79.9. The molecule has 1 N–H and O–H groups in total. The Bertz CT molecular complexity index is 2980. The van der Waals surface area contributed by atoms with Crippen molar-refractivity contribution in [1.29, 1.82) is 0 Å². The van der Waals surface area contributed by atoms with Crippen molar-refractivity contribution in [1.82, 2.24) is 37.8 Å². The minimum atomic E-state index is -0.486. The summed E-state index contributed by atoms with van der Waals surface area (Å²) < 4.78 is 28.0. The molecule has 6 rings (SSSR count). The second-order valence-electron chi connectivity index (χ2n) is 11.9. The van der Waals surface area contributed by atoms with E-state index in [0.29, 0.717) is 75.4 Å². The van der Waals surface area contributed by atoms with E-state index in [2.05, 4.69) is 66.4 Å². The number of imidazole rings is 2. The third-order valence-electron chi connectivity index (χ3n) is 8.62. The zero-order chi connectivity index (χ0) is 43.4. The molecular formula is C42H41BrN8O8. The van der Waals surface area contributed by atoms with Crippen LogP contribution in [0.25, 0.3) is 22.3 Å². The molecule has 0 radical (unpaired) electrons. The standard InChI is InChI=1S/C21H20N4O4.C18H18N4O4.C3H3Br/c1-6-12-25-20(26)18-19(24(7-2)21(25)27)22-17(23(18)3)11-9-14-8-10-15(28-4)16(13-14)29-5;1-5-22-16-15(17(23)20-18(22)24)21(2)14(19-16)9-7-11-6-8-12(25-3)13(10-11)26-4;1-2-3-4/h1,8,10,13H,7,12H2,2-5H3;6,8,10H,5H2,1-4H3,(H,20,23,24);1H,3H2. The highest BCUT2D eigenvalue weighted by Crippen LogP contribution is 2.28. The lowest BCUT2D eigenvalue weighted by molar-refractivity contribution is 0.355. The molecule has 0 atom stereocenters. The first-order valence-electron chi connectivity index (χ1n) is 17.7. The zero-order valence-corrected chi connectivity index (χ0v) is 35.3. The SMILES string of the molecule is C#CCBr.C#CCn1c(=O)c2c(nc(C#Cc3ccc(OC)c(OC)c3)n2C)n(CC)c1=O.CCn1c(=O)[nH]c(=O)c2c1nc(C#Cc1ccc(OC)c(OC)c1)n2C. The molecule has 2 aromatic carbocycles. The van der Waals surface area contributed by atoms with Crippen LogP contribution in [-0.4, -0.2) is 71.6 Å². The molecule has 0 amide bonds. The summed E-state index contributed by atoms with van der Waals surface area (Å²) in [7, 11) is 9.59. The van der Waals surface area contributed by atoms with Crippen LogP contribution >= 0.6 is 15.9 Å². The van der Waals surface area contributed by atoms with Gasteiger partial charge in [0.1, 0.15) is 0 Å². The molecule has 0 unspecified atom stereocenters. The van der Waals surface area contributed by atoms with Gasteiger partial charge in [0.25, 0.3) is 11.1 Å².